The van der Waals surface area contributed by atoms with Gasteiger partial charge in [-0.15, -0.1) is 0 Å². The summed E-state index contributed by atoms with van der Waals surface area (Å²) in [5.41, 5.74) is 8.17. The number of aliphatic carboxylic acids is 1. The second-order valence-corrected chi connectivity index (χ2v) is 13.7. The quantitative estimate of drug-likeness (QED) is 0.0762. The number of carboxylic acids is 1. The number of carboxylic acid groups (broad SMARTS) is 1. The SMILES string of the molecule is CCC(=O)N(CCC(N)C(=O)NCCOCCNC(=O)CBr)C(c1cc(-c2cc(F)ccc2F)cn1Cc1ccccc1)C(C)(C)C.O=C(O)C(F)(F)F. The van der Waals surface area contributed by atoms with Crippen molar-refractivity contribution in [2.45, 2.75) is 65.3 Å². The molecule has 2 aromatic carbocycles. The number of amides is 3. The summed E-state index contributed by atoms with van der Waals surface area (Å²) in [5.74, 6) is -4.48. The van der Waals surface area contributed by atoms with E-state index in [1.54, 1.807) is 18.0 Å². The molecule has 0 aliphatic carbocycles. The minimum absolute atomic E-state index is 0.121. The lowest BCUT2D eigenvalue weighted by molar-refractivity contribution is -0.192. The molecule has 5 N–H and O–H groups in total. The molecule has 1 heterocycles. The first-order chi connectivity index (χ1) is 25.3. The largest absolute Gasteiger partial charge is 0.490 e. The number of carbonyl (C=O) groups is 4. The summed E-state index contributed by atoms with van der Waals surface area (Å²) < 4.78 is 68.4. The molecule has 3 rings (SSSR count). The predicted octanol–water partition coefficient (Wildman–Crippen LogP) is 5.80. The molecule has 0 radical (unpaired) electrons. The van der Waals surface area contributed by atoms with Gasteiger partial charge in [-0.05, 0) is 41.7 Å². The summed E-state index contributed by atoms with van der Waals surface area (Å²) in [6, 6.07) is 13.6. The fourth-order valence-electron chi connectivity index (χ4n) is 5.41. The molecule has 0 spiro atoms. The van der Waals surface area contributed by atoms with Crippen molar-refractivity contribution < 1.29 is 51.0 Å². The van der Waals surface area contributed by atoms with E-state index >= 15 is 0 Å². The molecule has 0 aliphatic heterocycles. The third kappa shape index (κ3) is 14.8. The van der Waals surface area contributed by atoms with Gasteiger partial charge in [-0.25, -0.2) is 13.6 Å². The lowest BCUT2D eigenvalue weighted by Gasteiger charge is -2.41. The van der Waals surface area contributed by atoms with Crippen molar-refractivity contribution in [2.75, 3.05) is 38.2 Å². The lowest BCUT2D eigenvalue weighted by atomic mass is 9.82. The number of carbonyl (C=O) groups excluding carboxylic acids is 3. The fraction of sp³-hybridized carbons (Fsp3) is 0.459. The van der Waals surface area contributed by atoms with E-state index in [1.807, 2.05) is 61.7 Å². The molecular weight excluding hydrogens is 785 g/mol. The van der Waals surface area contributed by atoms with Gasteiger partial charge in [0.25, 0.3) is 0 Å². The minimum atomic E-state index is -5.08. The Kier molecular flexibility index (Phi) is 18.3. The highest BCUT2D eigenvalue weighted by Crippen LogP contribution is 2.41. The molecule has 2 atom stereocenters. The number of aromatic nitrogens is 1. The molecule has 0 fully saturated rings. The van der Waals surface area contributed by atoms with E-state index < -0.39 is 41.3 Å². The Balaban J connectivity index is 0.00000131. The van der Waals surface area contributed by atoms with Crippen molar-refractivity contribution in [1.29, 1.82) is 0 Å². The van der Waals surface area contributed by atoms with Crippen molar-refractivity contribution in [3.63, 3.8) is 0 Å². The van der Waals surface area contributed by atoms with Gasteiger partial charge in [0.1, 0.15) is 11.6 Å². The van der Waals surface area contributed by atoms with Gasteiger partial charge in [-0.3, -0.25) is 14.4 Å². The molecule has 0 aliphatic rings. The maximum absolute atomic E-state index is 15.0. The highest BCUT2D eigenvalue weighted by molar-refractivity contribution is 9.09. The van der Waals surface area contributed by atoms with E-state index in [9.17, 15) is 36.3 Å². The highest BCUT2D eigenvalue weighted by Gasteiger charge is 2.38. The first-order valence-corrected chi connectivity index (χ1v) is 18.1. The molecular formula is C37H47BrF5N5O6. The molecule has 17 heteroatoms. The maximum atomic E-state index is 15.0. The zero-order valence-corrected chi connectivity index (χ0v) is 32.1. The molecule has 3 aromatic rings. The number of hydrogen-bond donors (Lipinski definition) is 4. The first kappa shape index (κ1) is 45.8. The molecule has 54 heavy (non-hydrogen) atoms. The van der Waals surface area contributed by atoms with E-state index in [1.165, 1.54) is 6.07 Å². The number of nitrogens with two attached hydrogens (primary N) is 1. The molecule has 1 aromatic heterocycles. The number of ether oxygens (including phenoxy) is 1. The number of nitrogens with zero attached hydrogens (tertiary/aromatic N) is 2. The second kappa shape index (κ2) is 21.5. The van der Waals surface area contributed by atoms with E-state index in [2.05, 4.69) is 26.6 Å². The van der Waals surface area contributed by atoms with Crippen molar-refractivity contribution in [2.24, 2.45) is 11.1 Å². The highest BCUT2D eigenvalue weighted by atomic mass is 79.9. The van der Waals surface area contributed by atoms with Crippen LogP contribution in [0.4, 0.5) is 22.0 Å². The molecule has 0 bridgehead atoms. The van der Waals surface area contributed by atoms with Crippen LogP contribution < -0.4 is 16.4 Å². The third-order valence-electron chi connectivity index (χ3n) is 7.90. The Bertz CT molecular complexity index is 1680. The standard InChI is InChI=1S/C35H46BrF2N5O4.C2HF3O2/c1-5-32(45)43(16-13-29(39)34(46)41-15-18-47-17-14-40-31(44)21-36)33(35(2,3)4)30-19-25(27-20-26(37)11-12-28(27)38)23-42(30)22-24-9-7-6-8-10-24;3-2(4,5)1(6)7/h6-12,19-20,23,29,33H,5,13-18,21-22,39H2,1-4H3,(H,40,44)(H,41,46);(H,6,7). The monoisotopic (exact) mass is 831 g/mol. The van der Waals surface area contributed by atoms with Crippen LogP contribution >= 0.6 is 15.9 Å². The molecule has 0 saturated carbocycles. The number of hydrogen-bond acceptors (Lipinski definition) is 6. The van der Waals surface area contributed by atoms with Crippen molar-refractivity contribution in [1.82, 2.24) is 20.1 Å². The molecule has 0 saturated heterocycles. The Morgan fingerprint density at radius 1 is 0.981 bits per heavy atom. The summed E-state index contributed by atoms with van der Waals surface area (Å²) in [5, 5.41) is 12.8. The molecule has 2 unspecified atom stereocenters. The van der Waals surface area contributed by atoms with Gasteiger partial charge in [-0.1, -0.05) is 74.0 Å². The Hall–Kier alpha value is -4.35. The molecule has 11 nitrogen and oxygen atoms in total. The van der Waals surface area contributed by atoms with Crippen molar-refractivity contribution in [3.8, 4) is 11.1 Å². The van der Waals surface area contributed by atoms with Gasteiger partial charge in [-0.2, -0.15) is 13.2 Å². The van der Waals surface area contributed by atoms with Crippen molar-refractivity contribution in [3.05, 3.63) is 83.7 Å². The van der Waals surface area contributed by atoms with Crippen LogP contribution in [0.2, 0.25) is 0 Å². The van der Waals surface area contributed by atoms with Crippen LogP contribution in [0.5, 0.6) is 0 Å². The van der Waals surface area contributed by atoms with Gasteiger partial charge >= 0.3 is 12.1 Å². The number of rotatable bonds is 17. The predicted molar refractivity (Wildman–Crippen MR) is 196 cm³/mol. The summed E-state index contributed by atoms with van der Waals surface area (Å²) in [4.78, 5) is 48.3. The van der Waals surface area contributed by atoms with E-state index in [0.717, 1.165) is 23.4 Å². The van der Waals surface area contributed by atoms with E-state index in [0.29, 0.717) is 25.3 Å². The number of nitrogens with one attached hydrogen (secondary N) is 2. The average Bonchev–Trinajstić information content (AvgIpc) is 3.51. The van der Waals surface area contributed by atoms with Gasteiger partial charge in [0.05, 0.1) is 30.6 Å². The maximum Gasteiger partial charge on any atom is 0.490 e. The van der Waals surface area contributed by atoms with E-state index in [4.69, 9.17) is 20.4 Å². The smallest absolute Gasteiger partial charge is 0.475 e. The zero-order valence-electron chi connectivity index (χ0n) is 30.5. The summed E-state index contributed by atoms with van der Waals surface area (Å²) >= 11 is 3.07. The van der Waals surface area contributed by atoms with Crippen LogP contribution in [0.25, 0.3) is 11.1 Å². The Morgan fingerprint density at radius 3 is 2.15 bits per heavy atom. The Labute approximate surface area is 319 Å². The third-order valence-corrected chi connectivity index (χ3v) is 8.41. The van der Waals surface area contributed by atoms with Gasteiger partial charge in [0, 0.05) is 55.6 Å². The summed E-state index contributed by atoms with van der Waals surface area (Å²) in [7, 11) is 0. The zero-order chi connectivity index (χ0) is 40.6. The average molecular weight is 833 g/mol. The van der Waals surface area contributed by atoms with Crippen LogP contribution in [0.15, 0.2) is 60.8 Å². The normalized spacial score (nSPS) is 12.6. The summed E-state index contributed by atoms with van der Waals surface area (Å²) in [6.45, 7) is 9.66. The number of benzene rings is 2. The van der Waals surface area contributed by atoms with E-state index in [-0.39, 0.29) is 61.2 Å². The first-order valence-electron chi connectivity index (χ1n) is 17.0. The fourth-order valence-corrected chi connectivity index (χ4v) is 5.61. The summed E-state index contributed by atoms with van der Waals surface area (Å²) in [6.07, 6.45) is -2.86. The van der Waals surface area contributed by atoms with Crippen LogP contribution in [-0.2, 0) is 30.5 Å². The van der Waals surface area contributed by atoms with Gasteiger partial charge in [0.2, 0.25) is 17.7 Å². The number of halogens is 6. The topological polar surface area (TPSA) is 156 Å². The molecule has 298 valence electrons. The van der Waals surface area contributed by atoms with Gasteiger partial charge < -0.3 is 35.7 Å². The second-order valence-electron chi connectivity index (χ2n) is 13.2. The van der Waals surface area contributed by atoms with Crippen molar-refractivity contribution >= 4 is 39.6 Å². The number of alkyl halides is 4. The van der Waals surface area contributed by atoms with Crippen LogP contribution in [0.1, 0.15) is 57.8 Å². The van der Waals surface area contributed by atoms with Crippen LogP contribution in [-0.4, -0.2) is 88.7 Å². The molecule has 3 amide bonds. The lowest BCUT2D eigenvalue weighted by Crippen LogP contribution is -2.47. The van der Waals surface area contributed by atoms with Gasteiger partial charge in [0.15, 0.2) is 0 Å². The van der Waals surface area contributed by atoms with Crippen LogP contribution in [0.3, 0.4) is 0 Å². The van der Waals surface area contributed by atoms with Crippen LogP contribution in [0, 0.1) is 17.0 Å². The Morgan fingerprint density at radius 2 is 1.59 bits per heavy atom. The minimum Gasteiger partial charge on any atom is -0.475 e.